The predicted octanol–water partition coefficient (Wildman–Crippen LogP) is 0.752. The van der Waals surface area contributed by atoms with E-state index in [1.807, 2.05) is 0 Å². The first-order chi connectivity index (χ1) is 4.76. The Hall–Kier alpha value is -0.830. The number of hydrogen-bond donors (Lipinski definition) is 0. The lowest BCUT2D eigenvalue weighted by molar-refractivity contribution is -0.105. The molecule has 0 saturated heterocycles. The van der Waals surface area contributed by atoms with Gasteiger partial charge in [-0.15, -0.1) is 0 Å². The summed E-state index contributed by atoms with van der Waals surface area (Å²) in [6.45, 7) is 2.03. The second kappa shape index (κ2) is 4.99. The number of methoxy groups -OCH3 is 2. The van der Waals surface area contributed by atoms with Crippen molar-refractivity contribution >= 4 is 6.29 Å². The number of rotatable bonds is 4. The van der Waals surface area contributed by atoms with E-state index in [0.717, 1.165) is 6.29 Å². The van der Waals surface area contributed by atoms with Gasteiger partial charge in [0.1, 0.15) is 18.7 Å². The van der Waals surface area contributed by atoms with E-state index in [1.54, 1.807) is 14.0 Å². The highest BCUT2D eigenvalue weighted by Crippen LogP contribution is 2.01. The Morgan fingerprint density at radius 2 is 2.10 bits per heavy atom. The number of hydrogen-bond acceptors (Lipinski definition) is 3. The maximum atomic E-state index is 10.2. The number of aldehydes is 1. The fourth-order valence-electron chi connectivity index (χ4n) is 0.531. The van der Waals surface area contributed by atoms with Crippen LogP contribution in [-0.2, 0) is 14.3 Å². The number of carbonyl (C=O) groups excluding carboxylic acids is 1. The van der Waals surface area contributed by atoms with Gasteiger partial charge in [-0.25, -0.2) is 0 Å². The zero-order chi connectivity index (χ0) is 7.98. The lowest BCUT2D eigenvalue weighted by Gasteiger charge is -2.04. The van der Waals surface area contributed by atoms with Gasteiger partial charge in [0, 0.05) is 12.7 Å². The minimum atomic E-state index is 0.348. The molecule has 0 N–H and O–H groups in total. The van der Waals surface area contributed by atoms with Crippen LogP contribution in [0.15, 0.2) is 11.3 Å². The Bertz CT molecular complexity index is 138. The molecule has 0 fully saturated rings. The van der Waals surface area contributed by atoms with Gasteiger partial charge in [-0.3, -0.25) is 4.79 Å². The monoisotopic (exact) mass is 144 g/mol. The van der Waals surface area contributed by atoms with E-state index in [1.165, 1.54) is 7.11 Å². The molecule has 0 aliphatic carbocycles. The summed E-state index contributed by atoms with van der Waals surface area (Å²) >= 11 is 0. The molecule has 0 rings (SSSR count). The van der Waals surface area contributed by atoms with Crippen LogP contribution < -0.4 is 0 Å². The normalized spacial score (nSPS) is 12.3. The summed E-state index contributed by atoms with van der Waals surface area (Å²) in [5.74, 6) is 0.581. The van der Waals surface area contributed by atoms with Crippen LogP contribution in [-0.4, -0.2) is 27.1 Å². The topological polar surface area (TPSA) is 35.5 Å². The van der Waals surface area contributed by atoms with Crippen molar-refractivity contribution in [2.75, 3.05) is 20.8 Å². The van der Waals surface area contributed by atoms with Crippen molar-refractivity contribution in [1.82, 2.24) is 0 Å². The molecule has 3 heteroatoms. The van der Waals surface area contributed by atoms with Crippen molar-refractivity contribution in [3.8, 4) is 0 Å². The standard InChI is InChI=1S/C7H12O3/c1-6(4-8)7(10-3)5-9-2/h4H,5H2,1-3H3/b7-6+. The van der Waals surface area contributed by atoms with Gasteiger partial charge in [0.2, 0.25) is 0 Å². The van der Waals surface area contributed by atoms with Crippen molar-refractivity contribution in [3.63, 3.8) is 0 Å². The molecule has 58 valence electrons. The van der Waals surface area contributed by atoms with Crippen molar-refractivity contribution in [2.24, 2.45) is 0 Å². The van der Waals surface area contributed by atoms with Gasteiger partial charge in [-0.2, -0.15) is 0 Å². The van der Waals surface area contributed by atoms with Crippen molar-refractivity contribution in [3.05, 3.63) is 11.3 Å². The van der Waals surface area contributed by atoms with Crippen molar-refractivity contribution in [1.29, 1.82) is 0 Å². The Labute approximate surface area is 60.6 Å². The maximum absolute atomic E-state index is 10.2. The highest BCUT2D eigenvalue weighted by molar-refractivity contribution is 5.72. The van der Waals surface area contributed by atoms with Crippen molar-refractivity contribution < 1.29 is 14.3 Å². The van der Waals surface area contributed by atoms with E-state index < -0.39 is 0 Å². The summed E-state index contributed by atoms with van der Waals surface area (Å²) in [5.41, 5.74) is 0.573. The molecule has 0 unspecified atom stereocenters. The fraction of sp³-hybridized carbons (Fsp3) is 0.571. The highest BCUT2D eigenvalue weighted by atomic mass is 16.5. The average Bonchev–Trinajstić information content (AvgIpc) is 1.99. The zero-order valence-electron chi connectivity index (χ0n) is 6.51. The van der Waals surface area contributed by atoms with E-state index in [0.29, 0.717) is 17.9 Å². The van der Waals surface area contributed by atoms with Gasteiger partial charge in [-0.05, 0) is 6.92 Å². The Balaban J connectivity index is 4.13. The highest BCUT2D eigenvalue weighted by Gasteiger charge is 1.99. The van der Waals surface area contributed by atoms with E-state index >= 15 is 0 Å². The van der Waals surface area contributed by atoms with Crippen LogP contribution in [0.5, 0.6) is 0 Å². The van der Waals surface area contributed by atoms with Gasteiger partial charge >= 0.3 is 0 Å². The predicted molar refractivity (Wildman–Crippen MR) is 37.6 cm³/mol. The quantitative estimate of drug-likeness (QED) is 0.332. The third-order valence-corrected chi connectivity index (χ3v) is 1.14. The zero-order valence-corrected chi connectivity index (χ0v) is 6.51. The number of carbonyl (C=O) groups is 1. The lowest BCUT2D eigenvalue weighted by atomic mass is 10.3. The molecule has 3 nitrogen and oxygen atoms in total. The summed E-state index contributed by atoms with van der Waals surface area (Å²) in [4.78, 5) is 10.2. The molecule has 0 atom stereocenters. The van der Waals surface area contributed by atoms with Crippen LogP contribution >= 0.6 is 0 Å². The lowest BCUT2D eigenvalue weighted by Crippen LogP contribution is -2.00. The van der Waals surface area contributed by atoms with Crippen LogP contribution in [0.1, 0.15) is 6.92 Å². The smallest absolute Gasteiger partial charge is 0.149 e. The third-order valence-electron chi connectivity index (χ3n) is 1.14. The third kappa shape index (κ3) is 2.64. The van der Waals surface area contributed by atoms with Gasteiger partial charge in [0.25, 0.3) is 0 Å². The van der Waals surface area contributed by atoms with Gasteiger partial charge in [0.05, 0.1) is 7.11 Å². The number of ether oxygens (including phenoxy) is 2. The molecule has 10 heavy (non-hydrogen) atoms. The summed E-state index contributed by atoms with van der Waals surface area (Å²) in [5, 5.41) is 0. The minimum absolute atomic E-state index is 0.348. The molecule has 0 aliphatic rings. The van der Waals surface area contributed by atoms with Crippen LogP contribution in [0, 0.1) is 0 Å². The van der Waals surface area contributed by atoms with Crippen LogP contribution in [0.25, 0.3) is 0 Å². The van der Waals surface area contributed by atoms with Crippen LogP contribution in [0.4, 0.5) is 0 Å². The SMILES string of the molecule is COC/C(OC)=C(/C)C=O. The first-order valence-electron chi connectivity index (χ1n) is 2.94. The molecular weight excluding hydrogens is 132 g/mol. The van der Waals surface area contributed by atoms with E-state index in [2.05, 4.69) is 0 Å². The second-order valence-electron chi connectivity index (χ2n) is 1.86. The second-order valence-corrected chi connectivity index (χ2v) is 1.86. The maximum Gasteiger partial charge on any atom is 0.149 e. The molecule has 0 spiro atoms. The van der Waals surface area contributed by atoms with E-state index in [4.69, 9.17) is 9.47 Å². The molecular formula is C7H12O3. The fourth-order valence-corrected chi connectivity index (χ4v) is 0.531. The molecule has 0 saturated carbocycles. The van der Waals surface area contributed by atoms with Gasteiger partial charge in [0.15, 0.2) is 0 Å². The van der Waals surface area contributed by atoms with Gasteiger partial charge < -0.3 is 9.47 Å². The van der Waals surface area contributed by atoms with Crippen LogP contribution in [0.2, 0.25) is 0 Å². The molecule has 0 amide bonds. The van der Waals surface area contributed by atoms with Crippen LogP contribution in [0.3, 0.4) is 0 Å². The number of allylic oxidation sites excluding steroid dienone is 1. The Morgan fingerprint density at radius 1 is 1.50 bits per heavy atom. The molecule has 0 radical (unpaired) electrons. The summed E-state index contributed by atoms with van der Waals surface area (Å²) in [7, 11) is 3.07. The molecule has 0 aromatic rings. The molecule has 0 heterocycles. The summed E-state index contributed by atoms with van der Waals surface area (Å²) < 4.78 is 9.64. The summed E-state index contributed by atoms with van der Waals surface area (Å²) in [6, 6.07) is 0. The first-order valence-corrected chi connectivity index (χ1v) is 2.94. The van der Waals surface area contributed by atoms with E-state index in [-0.39, 0.29) is 0 Å². The Morgan fingerprint density at radius 3 is 2.40 bits per heavy atom. The molecule has 0 aliphatic heterocycles. The summed E-state index contributed by atoms with van der Waals surface area (Å²) in [6.07, 6.45) is 0.748. The Kier molecular flexibility index (Phi) is 4.58. The molecule has 0 aromatic carbocycles. The van der Waals surface area contributed by atoms with E-state index in [9.17, 15) is 4.79 Å². The molecule has 0 aromatic heterocycles. The largest absolute Gasteiger partial charge is 0.498 e. The van der Waals surface area contributed by atoms with Crippen molar-refractivity contribution in [2.45, 2.75) is 6.92 Å². The average molecular weight is 144 g/mol. The molecule has 0 bridgehead atoms. The van der Waals surface area contributed by atoms with Gasteiger partial charge in [-0.1, -0.05) is 0 Å². The minimum Gasteiger partial charge on any atom is -0.498 e. The first kappa shape index (κ1) is 9.17.